The molecular formula is C12H20N4. The first kappa shape index (κ1) is 11.5. The van der Waals surface area contributed by atoms with Crippen LogP contribution in [0.1, 0.15) is 24.2 Å². The number of nitrogens with two attached hydrogens (primary N) is 2. The monoisotopic (exact) mass is 220 g/mol. The maximum atomic E-state index is 6.35. The summed E-state index contributed by atoms with van der Waals surface area (Å²) >= 11 is 0. The van der Waals surface area contributed by atoms with Crippen LogP contribution in [0.2, 0.25) is 0 Å². The van der Waals surface area contributed by atoms with Crippen molar-refractivity contribution in [2.75, 3.05) is 14.1 Å². The van der Waals surface area contributed by atoms with Crippen LogP contribution in [0.4, 0.5) is 0 Å². The van der Waals surface area contributed by atoms with E-state index >= 15 is 0 Å². The van der Waals surface area contributed by atoms with Gasteiger partial charge in [0.1, 0.15) is 0 Å². The molecular weight excluding hydrogens is 200 g/mol. The van der Waals surface area contributed by atoms with Crippen LogP contribution in [-0.2, 0) is 12.1 Å². The summed E-state index contributed by atoms with van der Waals surface area (Å²) in [4.78, 5) is 6.73. The molecule has 1 saturated carbocycles. The molecule has 0 saturated heterocycles. The van der Waals surface area contributed by atoms with Crippen molar-refractivity contribution in [2.24, 2.45) is 11.5 Å². The maximum absolute atomic E-state index is 6.35. The molecule has 0 atom stereocenters. The van der Waals surface area contributed by atoms with E-state index < -0.39 is 0 Å². The Balaban J connectivity index is 2.13. The number of pyridine rings is 1. The van der Waals surface area contributed by atoms with Crippen molar-refractivity contribution in [2.45, 2.75) is 31.0 Å². The zero-order valence-electron chi connectivity index (χ0n) is 9.98. The Bertz CT molecular complexity index is 369. The normalized spacial score (nSPS) is 29.2. The van der Waals surface area contributed by atoms with Gasteiger partial charge in [-0.05, 0) is 39.1 Å². The van der Waals surface area contributed by atoms with E-state index in [1.54, 1.807) is 0 Å². The Morgan fingerprint density at radius 1 is 1.44 bits per heavy atom. The lowest BCUT2D eigenvalue weighted by molar-refractivity contribution is 0.0907. The highest BCUT2D eigenvalue weighted by molar-refractivity contribution is 5.23. The van der Waals surface area contributed by atoms with Crippen LogP contribution < -0.4 is 11.5 Å². The van der Waals surface area contributed by atoms with E-state index in [-0.39, 0.29) is 5.54 Å². The van der Waals surface area contributed by atoms with E-state index in [2.05, 4.69) is 24.0 Å². The Kier molecular flexibility index (Phi) is 2.97. The molecule has 2 rings (SSSR count). The van der Waals surface area contributed by atoms with E-state index in [0.717, 1.165) is 24.2 Å². The fourth-order valence-electron chi connectivity index (χ4n) is 2.23. The molecule has 4 nitrogen and oxygen atoms in total. The minimum absolute atomic E-state index is 0.250. The predicted octanol–water partition coefficient (Wildman–Crippen LogP) is 0.418. The third-order valence-corrected chi connectivity index (χ3v) is 3.46. The SMILES string of the molecule is CN(C)C1CC(N)(c2cccc(CN)n2)C1. The van der Waals surface area contributed by atoms with Gasteiger partial charge in [0, 0.05) is 12.6 Å². The lowest BCUT2D eigenvalue weighted by Crippen LogP contribution is -2.56. The third kappa shape index (κ3) is 1.96. The average Bonchev–Trinajstić information content (AvgIpc) is 2.24. The van der Waals surface area contributed by atoms with Crippen molar-refractivity contribution >= 4 is 0 Å². The van der Waals surface area contributed by atoms with Crippen LogP contribution in [0.25, 0.3) is 0 Å². The zero-order valence-corrected chi connectivity index (χ0v) is 9.98. The van der Waals surface area contributed by atoms with Crippen molar-refractivity contribution in [3.05, 3.63) is 29.6 Å². The number of hydrogen-bond acceptors (Lipinski definition) is 4. The van der Waals surface area contributed by atoms with E-state index in [1.165, 1.54) is 0 Å². The second kappa shape index (κ2) is 4.13. The molecule has 1 fully saturated rings. The molecule has 1 aromatic rings. The first-order valence-electron chi connectivity index (χ1n) is 5.67. The van der Waals surface area contributed by atoms with Gasteiger partial charge in [0.25, 0.3) is 0 Å². The molecule has 0 radical (unpaired) electrons. The second-order valence-corrected chi connectivity index (χ2v) is 4.90. The summed E-state index contributed by atoms with van der Waals surface area (Å²) in [7, 11) is 4.18. The van der Waals surface area contributed by atoms with Crippen LogP contribution in [0.5, 0.6) is 0 Å². The van der Waals surface area contributed by atoms with Crippen molar-refractivity contribution in [3.63, 3.8) is 0 Å². The van der Waals surface area contributed by atoms with Gasteiger partial charge in [-0.15, -0.1) is 0 Å². The van der Waals surface area contributed by atoms with Crippen LogP contribution in [-0.4, -0.2) is 30.0 Å². The standard InChI is InChI=1S/C12H20N4/c1-16(2)10-6-12(14,7-10)11-5-3-4-9(8-13)15-11/h3-5,10H,6-8,13-14H2,1-2H3. The smallest absolute Gasteiger partial charge is 0.0613 e. The number of aromatic nitrogens is 1. The van der Waals surface area contributed by atoms with Gasteiger partial charge in [-0.2, -0.15) is 0 Å². The molecule has 1 aliphatic rings. The highest BCUT2D eigenvalue weighted by atomic mass is 15.1. The van der Waals surface area contributed by atoms with Crippen LogP contribution in [0.3, 0.4) is 0 Å². The Morgan fingerprint density at radius 3 is 2.69 bits per heavy atom. The number of rotatable bonds is 3. The number of hydrogen-bond donors (Lipinski definition) is 2. The molecule has 1 aromatic heterocycles. The molecule has 1 aliphatic carbocycles. The highest BCUT2D eigenvalue weighted by Crippen LogP contribution is 2.40. The zero-order chi connectivity index (χ0) is 11.8. The van der Waals surface area contributed by atoms with E-state index in [0.29, 0.717) is 12.6 Å². The van der Waals surface area contributed by atoms with Gasteiger partial charge in [-0.3, -0.25) is 4.98 Å². The van der Waals surface area contributed by atoms with Gasteiger partial charge < -0.3 is 16.4 Å². The molecule has 88 valence electrons. The molecule has 0 amide bonds. The molecule has 4 N–H and O–H groups in total. The van der Waals surface area contributed by atoms with E-state index in [4.69, 9.17) is 11.5 Å². The summed E-state index contributed by atoms with van der Waals surface area (Å²) < 4.78 is 0. The summed E-state index contributed by atoms with van der Waals surface area (Å²) in [6.45, 7) is 0.473. The minimum atomic E-state index is -0.250. The minimum Gasteiger partial charge on any atom is -0.325 e. The fraction of sp³-hybridized carbons (Fsp3) is 0.583. The van der Waals surface area contributed by atoms with Crippen molar-refractivity contribution in [1.29, 1.82) is 0 Å². The van der Waals surface area contributed by atoms with Crippen LogP contribution >= 0.6 is 0 Å². The molecule has 0 spiro atoms. The van der Waals surface area contributed by atoms with Gasteiger partial charge in [0.15, 0.2) is 0 Å². The van der Waals surface area contributed by atoms with Crippen molar-refractivity contribution < 1.29 is 0 Å². The first-order chi connectivity index (χ1) is 7.55. The quantitative estimate of drug-likeness (QED) is 0.774. The summed E-state index contributed by atoms with van der Waals surface area (Å²) in [6.07, 6.45) is 1.95. The third-order valence-electron chi connectivity index (χ3n) is 3.46. The second-order valence-electron chi connectivity index (χ2n) is 4.90. The van der Waals surface area contributed by atoms with Gasteiger partial charge in [0.05, 0.1) is 16.9 Å². The molecule has 0 unspecified atom stereocenters. The summed E-state index contributed by atoms with van der Waals surface area (Å²) in [5.74, 6) is 0. The lowest BCUT2D eigenvalue weighted by Gasteiger charge is -2.47. The van der Waals surface area contributed by atoms with E-state index in [1.807, 2.05) is 18.2 Å². The topological polar surface area (TPSA) is 68.2 Å². The molecule has 4 heteroatoms. The first-order valence-corrected chi connectivity index (χ1v) is 5.67. The molecule has 1 heterocycles. The Morgan fingerprint density at radius 2 is 2.12 bits per heavy atom. The highest BCUT2D eigenvalue weighted by Gasteiger charge is 2.44. The molecule has 16 heavy (non-hydrogen) atoms. The molecule has 0 aromatic carbocycles. The Labute approximate surface area is 96.6 Å². The average molecular weight is 220 g/mol. The number of nitrogens with zero attached hydrogens (tertiary/aromatic N) is 2. The van der Waals surface area contributed by atoms with Gasteiger partial charge in [-0.25, -0.2) is 0 Å². The molecule has 0 aliphatic heterocycles. The van der Waals surface area contributed by atoms with Crippen molar-refractivity contribution in [3.8, 4) is 0 Å². The Hall–Kier alpha value is -0.970. The largest absolute Gasteiger partial charge is 0.325 e. The summed E-state index contributed by atoms with van der Waals surface area (Å²) in [5, 5.41) is 0. The maximum Gasteiger partial charge on any atom is 0.0613 e. The lowest BCUT2D eigenvalue weighted by atomic mass is 9.70. The van der Waals surface area contributed by atoms with Crippen LogP contribution in [0.15, 0.2) is 18.2 Å². The van der Waals surface area contributed by atoms with Gasteiger partial charge in [0.2, 0.25) is 0 Å². The summed E-state index contributed by atoms with van der Waals surface area (Å²) in [5.41, 5.74) is 13.6. The van der Waals surface area contributed by atoms with E-state index in [9.17, 15) is 0 Å². The summed E-state index contributed by atoms with van der Waals surface area (Å²) in [6, 6.07) is 6.51. The van der Waals surface area contributed by atoms with Crippen LogP contribution in [0, 0.1) is 0 Å². The van der Waals surface area contributed by atoms with Crippen molar-refractivity contribution in [1.82, 2.24) is 9.88 Å². The molecule has 0 bridgehead atoms. The van der Waals surface area contributed by atoms with Gasteiger partial charge in [-0.1, -0.05) is 6.07 Å². The predicted molar refractivity (Wildman–Crippen MR) is 64.7 cm³/mol. The van der Waals surface area contributed by atoms with Gasteiger partial charge >= 0.3 is 0 Å². The fourth-order valence-corrected chi connectivity index (χ4v) is 2.23.